The maximum atomic E-state index is 12.8. The minimum absolute atomic E-state index is 0.0419. The van der Waals surface area contributed by atoms with E-state index in [1.165, 1.54) is 4.90 Å². The molecular formula is C22H21N3O5. The van der Waals surface area contributed by atoms with Gasteiger partial charge in [0.1, 0.15) is 18.9 Å². The number of nitrogens with zero attached hydrogens (tertiary/aromatic N) is 1. The first-order valence-electron chi connectivity index (χ1n) is 9.45. The number of amides is 3. The van der Waals surface area contributed by atoms with Gasteiger partial charge in [-0.3, -0.25) is 9.69 Å². The summed E-state index contributed by atoms with van der Waals surface area (Å²) < 4.78 is 10.3. The van der Waals surface area contributed by atoms with Gasteiger partial charge in [-0.2, -0.15) is 0 Å². The summed E-state index contributed by atoms with van der Waals surface area (Å²) >= 11 is 0. The Bertz CT molecular complexity index is 1030. The lowest BCUT2D eigenvalue weighted by Gasteiger charge is -2.32. The summed E-state index contributed by atoms with van der Waals surface area (Å²) in [5, 5.41) is 5.56. The molecule has 2 aliphatic rings. The monoisotopic (exact) mass is 407 g/mol. The summed E-state index contributed by atoms with van der Waals surface area (Å²) in [7, 11) is 1.56. The number of hydrogen-bond donors (Lipinski definition) is 2. The van der Waals surface area contributed by atoms with Crippen molar-refractivity contribution in [2.24, 2.45) is 0 Å². The van der Waals surface area contributed by atoms with Gasteiger partial charge < -0.3 is 20.1 Å². The number of aryl methyl sites for hydroxylation is 1. The number of carbonyl (C=O) groups excluding carboxylic acids is 3. The average Bonchev–Trinajstić information content (AvgIpc) is 3.13. The van der Waals surface area contributed by atoms with Gasteiger partial charge in [0.05, 0.1) is 24.4 Å². The highest BCUT2D eigenvalue weighted by molar-refractivity contribution is 6.00. The van der Waals surface area contributed by atoms with E-state index >= 15 is 0 Å². The Labute approximate surface area is 173 Å². The topological polar surface area (TPSA) is 97.0 Å². The molecule has 2 aromatic rings. The van der Waals surface area contributed by atoms with Gasteiger partial charge >= 0.3 is 12.0 Å². The number of rotatable bonds is 5. The molecule has 4 rings (SSSR count). The van der Waals surface area contributed by atoms with Crippen molar-refractivity contribution in [3.63, 3.8) is 0 Å². The Balaban J connectivity index is 1.55. The van der Waals surface area contributed by atoms with E-state index < -0.39 is 23.9 Å². The Hall–Kier alpha value is -3.81. The minimum Gasteiger partial charge on any atom is -0.497 e. The molecule has 2 N–H and O–H groups in total. The molecule has 2 heterocycles. The molecule has 2 aromatic carbocycles. The van der Waals surface area contributed by atoms with Crippen LogP contribution in [-0.4, -0.2) is 43.1 Å². The van der Waals surface area contributed by atoms with Gasteiger partial charge in [0.15, 0.2) is 0 Å². The number of esters is 1. The van der Waals surface area contributed by atoms with Crippen LogP contribution in [0, 0.1) is 6.92 Å². The molecule has 0 fully saturated rings. The SMILES string of the molecule is COc1ccc(NC(=O)CN2C(=O)N[C@@H](c3ccc(C)cc3)C3=C2COC3=O)cc1. The quantitative estimate of drug-likeness (QED) is 0.743. The Kier molecular flexibility index (Phi) is 5.14. The summed E-state index contributed by atoms with van der Waals surface area (Å²) in [6.07, 6.45) is 0. The smallest absolute Gasteiger partial charge is 0.338 e. The van der Waals surface area contributed by atoms with Gasteiger partial charge in [0, 0.05) is 5.69 Å². The van der Waals surface area contributed by atoms with Crippen LogP contribution in [0.1, 0.15) is 17.2 Å². The van der Waals surface area contributed by atoms with Gasteiger partial charge in [0.25, 0.3) is 0 Å². The van der Waals surface area contributed by atoms with E-state index in [0.29, 0.717) is 22.7 Å². The Morgan fingerprint density at radius 3 is 2.53 bits per heavy atom. The molecule has 0 spiro atoms. The molecule has 0 unspecified atom stereocenters. The molecule has 0 saturated heterocycles. The molecule has 154 valence electrons. The van der Waals surface area contributed by atoms with Crippen LogP contribution in [0.5, 0.6) is 5.75 Å². The number of urea groups is 1. The molecule has 3 amide bonds. The van der Waals surface area contributed by atoms with E-state index in [1.54, 1.807) is 31.4 Å². The summed E-state index contributed by atoms with van der Waals surface area (Å²) in [6, 6.07) is 13.3. The van der Waals surface area contributed by atoms with Crippen LogP contribution in [-0.2, 0) is 14.3 Å². The Morgan fingerprint density at radius 1 is 1.17 bits per heavy atom. The third kappa shape index (κ3) is 3.71. The lowest BCUT2D eigenvalue weighted by molar-refractivity contribution is -0.136. The molecule has 2 aliphatic heterocycles. The maximum absolute atomic E-state index is 12.8. The zero-order valence-corrected chi connectivity index (χ0v) is 16.6. The maximum Gasteiger partial charge on any atom is 0.338 e. The fourth-order valence-electron chi connectivity index (χ4n) is 3.51. The normalized spacial score (nSPS) is 17.9. The standard InChI is InChI=1S/C22H21N3O5/c1-13-3-5-14(6-4-13)20-19-17(12-30-21(19)27)25(22(28)24-20)11-18(26)23-15-7-9-16(29-2)10-8-15/h3-10,20H,11-12H2,1-2H3,(H,23,26)(H,24,28)/t20-/m0/s1. The number of hydrogen-bond acceptors (Lipinski definition) is 5. The second-order valence-electron chi connectivity index (χ2n) is 7.09. The highest BCUT2D eigenvalue weighted by Crippen LogP contribution is 2.35. The molecule has 8 nitrogen and oxygen atoms in total. The van der Waals surface area contributed by atoms with Gasteiger partial charge in [-0.25, -0.2) is 9.59 Å². The van der Waals surface area contributed by atoms with E-state index in [1.807, 2.05) is 31.2 Å². The highest BCUT2D eigenvalue weighted by atomic mass is 16.5. The van der Waals surface area contributed by atoms with E-state index in [2.05, 4.69) is 10.6 Å². The highest BCUT2D eigenvalue weighted by Gasteiger charge is 2.42. The number of ether oxygens (including phenoxy) is 2. The first kappa shape index (κ1) is 19.5. The summed E-state index contributed by atoms with van der Waals surface area (Å²) in [5.74, 6) is -0.214. The average molecular weight is 407 g/mol. The molecule has 1 atom stereocenters. The number of nitrogens with one attached hydrogen (secondary N) is 2. The van der Waals surface area contributed by atoms with E-state index in [0.717, 1.165) is 11.1 Å². The van der Waals surface area contributed by atoms with Crippen LogP contribution in [0.2, 0.25) is 0 Å². The first-order chi connectivity index (χ1) is 14.5. The van der Waals surface area contributed by atoms with Crippen molar-refractivity contribution in [3.8, 4) is 5.75 Å². The third-order valence-electron chi connectivity index (χ3n) is 5.08. The van der Waals surface area contributed by atoms with Crippen molar-refractivity contribution in [3.05, 3.63) is 70.9 Å². The molecule has 30 heavy (non-hydrogen) atoms. The predicted octanol–water partition coefficient (Wildman–Crippen LogP) is 2.52. The Morgan fingerprint density at radius 2 is 1.87 bits per heavy atom. The van der Waals surface area contributed by atoms with Gasteiger partial charge in [-0.1, -0.05) is 29.8 Å². The number of cyclic esters (lactones) is 1. The summed E-state index contributed by atoms with van der Waals surface area (Å²) in [6.45, 7) is 1.68. The van der Waals surface area contributed by atoms with E-state index in [4.69, 9.17) is 9.47 Å². The molecular weight excluding hydrogens is 386 g/mol. The summed E-state index contributed by atoms with van der Waals surface area (Å²) in [4.78, 5) is 38.9. The number of methoxy groups -OCH3 is 1. The first-order valence-corrected chi connectivity index (χ1v) is 9.45. The molecule has 0 bridgehead atoms. The van der Waals surface area contributed by atoms with Crippen LogP contribution in [0.3, 0.4) is 0 Å². The van der Waals surface area contributed by atoms with Crippen LogP contribution in [0.25, 0.3) is 0 Å². The van der Waals surface area contributed by atoms with E-state index in [-0.39, 0.29) is 13.2 Å². The predicted molar refractivity (Wildman–Crippen MR) is 109 cm³/mol. The van der Waals surface area contributed by atoms with Crippen molar-refractivity contribution in [1.82, 2.24) is 10.2 Å². The molecule has 8 heteroatoms. The third-order valence-corrected chi connectivity index (χ3v) is 5.08. The van der Waals surface area contributed by atoms with Crippen molar-refractivity contribution >= 4 is 23.6 Å². The van der Waals surface area contributed by atoms with Gasteiger partial charge in [-0.15, -0.1) is 0 Å². The minimum atomic E-state index is -0.607. The fourth-order valence-corrected chi connectivity index (χ4v) is 3.51. The largest absolute Gasteiger partial charge is 0.497 e. The lowest BCUT2D eigenvalue weighted by Crippen LogP contribution is -2.49. The molecule has 0 aliphatic carbocycles. The molecule has 0 aromatic heterocycles. The second kappa shape index (κ2) is 7.90. The number of benzene rings is 2. The zero-order chi connectivity index (χ0) is 21.3. The zero-order valence-electron chi connectivity index (χ0n) is 16.6. The van der Waals surface area contributed by atoms with Crippen molar-refractivity contribution in [2.75, 3.05) is 25.6 Å². The second-order valence-corrected chi connectivity index (χ2v) is 7.09. The van der Waals surface area contributed by atoms with Crippen molar-refractivity contribution in [1.29, 1.82) is 0 Å². The molecule has 0 radical (unpaired) electrons. The van der Waals surface area contributed by atoms with Crippen LogP contribution >= 0.6 is 0 Å². The number of carbonyl (C=O) groups is 3. The molecule has 0 saturated carbocycles. The summed E-state index contributed by atoms with van der Waals surface area (Å²) in [5.41, 5.74) is 3.20. The van der Waals surface area contributed by atoms with Crippen LogP contribution in [0.4, 0.5) is 10.5 Å². The van der Waals surface area contributed by atoms with Crippen LogP contribution in [0.15, 0.2) is 59.8 Å². The lowest BCUT2D eigenvalue weighted by atomic mass is 9.95. The van der Waals surface area contributed by atoms with Crippen molar-refractivity contribution in [2.45, 2.75) is 13.0 Å². The van der Waals surface area contributed by atoms with Crippen molar-refractivity contribution < 1.29 is 23.9 Å². The van der Waals surface area contributed by atoms with Gasteiger partial charge in [0.2, 0.25) is 5.91 Å². The van der Waals surface area contributed by atoms with E-state index in [9.17, 15) is 14.4 Å². The van der Waals surface area contributed by atoms with Crippen LogP contribution < -0.4 is 15.4 Å². The number of anilines is 1. The van der Waals surface area contributed by atoms with Gasteiger partial charge in [-0.05, 0) is 36.8 Å². The fraction of sp³-hybridized carbons (Fsp3) is 0.227.